The molecular weight excluding hydrogens is 467 g/mol. The molecule has 0 aliphatic heterocycles. The third kappa shape index (κ3) is 5.82. The molecule has 0 saturated heterocycles. The minimum atomic E-state index is -0.760. The van der Waals surface area contributed by atoms with Gasteiger partial charge in [-0.1, -0.05) is 50.1 Å². The molecule has 0 amide bonds. The Morgan fingerprint density at radius 2 is 1.84 bits per heavy atom. The summed E-state index contributed by atoms with van der Waals surface area (Å²) in [7, 11) is 1.60. The number of halogens is 1. The molecule has 5 rings (SSSR count). The lowest BCUT2D eigenvalue weighted by atomic mass is 9.84. The molecule has 3 aromatic rings. The lowest BCUT2D eigenvalue weighted by Gasteiger charge is -2.22. The van der Waals surface area contributed by atoms with Crippen molar-refractivity contribution in [1.82, 2.24) is 0 Å². The summed E-state index contributed by atoms with van der Waals surface area (Å²) >= 11 is 0. The summed E-state index contributed by atoms with van der Waals surface area (Å²) in [5, 5.41) is 9.37. The van der Waals surface area contributed by atoms with Gasteiger partial charge in [0.2, 0.25) is 0 Å². The first-order chi connectivity index (χ1) is 17.9. The van der Waals surface area contributed by atoms with Gasteiger partial charge in [-0.15, -0.1) is 0 Å². The van der Waals surface area contributed by atoms with Crippen molar-refractivity contribution in [1.29, 1.82) is 0 Å². The fourth-order valence-corrected chi connectivity index (χ4v) is 5.94. The number of carboxylic acid groups (broad SMARTS) is 1. The quantitative estimate of drug-likeness (QED) is 0.306. The van der Waals surface area contributed by atoms with Crippen LogP contribution in [0.2, 0.25) is 0 Å². The molecule has 4 nitrogen and oxygen atoms in total. The van der Waals surface area contributed by atoms with Crippen LogP contribution in [0.15, 0.2) is 60.7 Å². The first kappa shape index (κ1) is 25.3. The number of methoxy groups -OCH3 is 1. The fraction of sp³-hybridized carbons (Fsp3) is 0.406. The smallest absolute Gasteiger partial charge is 0.303 e. The van der Waals surface area contributed by atoms with E-state index in [0.717, 1.165) is 41.7 Å². The molecule has 0 heterocycles. The molecule has 0 unspecified atom stereocenters. The number of hydrogen-bond donors (Lipinski definition) is 1. The zero-order chi connectivity index (χ0) is 25.9. The molecule has 37 heavy (non-hydrogen) atoms. The van der Waals surface area contributed by atoms with Gasteiger partial charge in [0.05, 0.1) is 13.5 Å². The Bertz CT molecular complexity index is 1270. The average Bonchev–Trinajstić information content (AvgIpc) is 3.66. The van der Waals surface area contributed by atoms with Crippen LogP contribution < -0.4 is 9.47 Å². The lowest BCUT2D eigenvalue weighted by molar-refractivity contribution is -0.137. The monoisotopic (exact) mass is 502 g/mol. The van der Waals surface area contributed by atoms with E-state index in [9.17, 15) is 14.3 Å². The van der Waals surface area contributed by atoms with Crippen molar-refractivity contribution in [3.8, 4) is 22.6 Å². The van der Waals surface area contributed by atoms with E-state index in [0.29, 0.717) is 35.7 Å². The molecule has 0 bridgehead atoms. The highest BCUT2D eigenvalue weighted by Crippen LogP contribution is 2.46. The molecule has 5 heteroatoms. The second kappa shape index (κ2) is 11.0. The molecule has 0 aromatic heterocycles. The number of aliphatic carboxylic acids is 1. The predicted molar refractivity (Wildman–Crippen MR) is 143 cm³/mol. The SMILES string of the molecule is COc1ccc(F)c(-c2ccc(COc3cccc([C@@H](CC(=O)O)C4CC4)c3)cc2[C@H]2CCC[C@@H]2C)c1. The van der Waals surface area contributed by atoms with Gasteiger partial charge in [0, 0.05) is 5.56 Å². The Hall–Kier alpha value is -3.34. The third-order valence-corrected chi connectivity index (χ3v) is 8.12. The minimum absolute atomic E-state index is 0.0357. The maximum atomic E-state index is 15.0. The largest absolute Gasteiger partial charge is 0.497 e. The lowest BCUT2D eigenvalue weighted by Crippen LogP contribution is -2.09. The first-order valence-electron chi connectivity index (χ1n) is 13.3. The van der Waals surface area contributed by atoms with Gasteiger partial charge in [-0.05, 0) is 95.5 Å². The van der Waals surface area contributed by atoms with Crippen molar-refractivity contribution in [2.75, 3.05) is 7.11 Å². The Morgan fingerprint density at radius 3 is 2.54 bits per heavy atom. The summed E-state index contributed by atoms with van der Waals surface area (Å²) in [5.74, 6) is 1.77. The van der Waals surface area contributed by atoms with Crippen molar-refractivity contribution >= 4 is 5.97 Å². The van der Waals surface area contributed by atoms with E-state index >= 15 is 0 Å². The van der Waals surface area contributed by atoms with Gasteiger partial charge in [-0.3, -0.25) is 4.79 Å². The molecule has 194 valence electrons. The Labute approximate surface area is 218 Å². The minimum Gasteiger partial charge on any atom is -0.497 e. The van der Waals surface area contributed by atoms with Crippen LogP contribution in [-0.4, -0.2) is 18.2 Å². The van der Waals surface area contributed by atoms with Crippen LogP contribution in [0.1, 0.15) is 74.0 Å². The Morgan fingerprint density at radius 1 is 1.00 bits per heavy atom. The number of rotatable bonds is 10. The number of carbonyl (C=O) groups is 1. The molecule has 2 saturated carbocycles. The highest BCUT2D eigenvalue weighted by Gasteiger charge is 2.34. The van der Waals surface area contributed by atoms with E-state index in [4.69, 9.17) is 9.47 Å². The summed E-state index contributed by atoms with van der Waals surface area (Å²) in [6, 6.07) is 19.0. The number of carboxylic acids is 1. The van der Waals surface area contributed by atoms with Crippen LogP contribution in [0, 0.1) is 17.7 Å². The van der Waals surface area contributed by atoms with Crippen molar-refractivity contribution < 1.29 is 23.8 Å². The van der Waals surface area contributed by atoms with Crippen molar-refractivity contribution in [2.24, 2.45) is 11.8 Å². The van der Waals surface area contributed by atoms with E-state index in [1.54, 1.807) is 19.2 Å². The maximum absolute atomic E-state index is 15.0. The maximum Gasteiger partial charge on any atom is 0.303 e. The van der Waals surface area contributed by atoms with Gasteiger partial charge in [0.25, 0.3) is 0 Å². The topological polar surface area (TPSA) is 55.8 Å². The number of hydrogen-bond acceptors (Lipinski definition) is 3. The highest BCUT2D eigenvalue weighted by atomic mass is 19.1. The van der Waals surface area contributed by atoms with Crippen LogP contribution >= 0.6 is 0 Å². The Kier molecular flexibility index (Phi) is 7.50. The molecule has 0 spiro atoms. The first-order valence-corrected chi connectivity index (χ1v) is 13.3. The standard InChI is InChI=1S/C32H35FO4/c1-20-5-3-8-26(20)29-15-21(9-13-27(29)30-17-24(36-2)12-14-31(30)33)19-37-25-7-4-6-23(16-25)28(18-32(34)35)22-10-11-22/h4,6-7,9,12-17,20,22,26,28H,3,5,8,10-11,18-19H2,1-2H3,(H,34,35)/t20-,26-,28-/m0/s1. The molecule has 1 N–H and O–H groups in total. The molecular formula is C32H35FO4. The van der Waals surface area contributed by atoms with Gasteiger partial charge < -0.3 is 14.6 Å². The van der Waals surface area contributed by atoms with Crippen LogP contribution in [0.25, 0.3) is 11.1 Å². The fourth-order valence-electron chi connectivity index (χ4n) is 5.94. The Balaban J connectivity index is 1.41. The van der Waals surface area contributed by atoms with Gasteiger partial charge in [0.1, 0.15) is 23.9 Å². The molecule has 3 aromatic carbocycles. The van der Waals surface area contributed by atoms with Crippen molar-refractivity contribution in [3.63, 3.8) is 0 Å². The predicted octanol–water partition coefficient (Wildman–Crippen LogP) is 7.95. The van der Waals surface area contributed by atoms with Gasteiger partial charge in [-0.25, -0.2) is 4.39 Å². The summed E-state index contributed by atoms with van der Waals surface area (Å²) in [6.07, 6.45) is 5.78. The molecule has 0 radical (unpaired) electrons. The van der Waals surface area contributed by atoms with E-state index < -0.39 is 5.97 Å². The summed E-state index contributed by atoms with van der Waals surface area (Å²) in [6.45, 7) is 2.68. The summed E-state index contributed by atoms with van der Waals surface area (Å²) < 4.78 is 26.5. The summed E-state index contributed by atoms with van der Waals surface area (Å²) in [5.41, 5.74) is 4.73. The number of ether oxygens (including phenoxy) is 2. The van der Waals surface area contributed by atoms with Crippen molar-refractivity contribution in [3.05, 3.63) is 83.2 Å². The van der Waals surface area contributed by atoms with Gasteiger partial charge in [-0.2, -0.15) is 0 Å². The number of benzene rings is 3. The van der Waals surface area contributed by atoms with Crippen LogP contribution in [0.4, 0.5) is 4.39 Å². The second-order valence-corrected chi connectivity index (χ2v) is 10.7. The summed E-state index contributed by atoms with van der Waals surface area (Å²) in [4.78, 5) is 11.4. The van der Waals surface area contributed by atoms with Gasteiger partial charge in [0.15, 0.2) is 0 Å². The molecule has 2 aliphatic carbocycles. The molecule has 3 atom stereocenters. The van der Waals surface area contributed by atoms with Crippen molar-refractivity contribution in [2.45, 2.75) is 63.9 Å². The zero-order valence-corrected chi connectivity index (χ0v) is 21.6. The average molecular weight is 503 g/mol. The van der Waals surface area contributed by atoms with Crippen LogP contribution in [-0.2, 0) is 11.4 Å². The van der Waals surface area contributed by atoms with E-state index in [2.05, 4.69) is 13.0 Å². The third-order valence-electron chi connectivity index (χ3n) is 8.12. The highest BCUT2D eigenvalue weighted by molar-refractivity contribution is 5.71. The van der Waals surface area contributed by atoms with E-state index in [1.165, 1.54) is 24.5 Å². The van der Waals surface area contributed by atoms with E-state index in [1.807, 2.05) is 36.4 Å². The van der Waals surface area contributed by atoms with Crippen LogP contribution in [0.3, 0.4) is 0 Å². The van der Waals surface area contributed by atoms with Crippen LogP contribution in [0.5, 0.6) is 11.5 Å². The zero-order valence-electron chi connectivity index (χ0n) is 21.6. The second-order valence-electron chi connectivity index (χ2n) is 10.7. The molecule has 2 aliphatic rings. The van der Waals surface area contributed by atoms with Gasteiger partial charge >= 0.3 is 5.97 Å². The normalized spacial score (nSPS) is 20.0. The van der Waals surface area contributed by atoms with E-state index in [-0.39, 0.29) is 18.2 Å². The molecule has 2 fully saturated rings.